The Hall–Kier alpha value is -4.74. The van der Waals surface area contributed by atoms with Gasteiger partial charge in [0.15, 0.2) is 11.6 Å². The van der Waals surface area contributed by atoms with Gasteiger partial charge in [-0.1, -0.05) is 93.0 Å². The van der Waals surface area contributed by atoms with Crippen LogP contribution in [-0.2, 0) is 0 Å². The minimum atomic E-state index is -1.81. The van der Waals surface area contributed by atoms with E-state index in [2.05, 4.69) is 103 Å². The zero-order valence-electron chi connectivity index (χ0n) is 22.0. The highest BCUT2D eigenvalue weighted by Crippen LogP contribution is 2.38. The summed E-state index contributed by atoms with van der Waals surface area (Å²) in [5.74, 6) is 1.53. The van der Waals surface area contributed by atoms with Crippen molar-refractivity contribution >= 4 is 35.5 Å². The molecule has 5 aromatic carbocycles. The van der Waals surface area contributed by atoms with Crippen LogP contribution in [0.4, 0.5) is 17.1 Å². The lowest BCUT2D eigenvalue weighted by Crippen LogP contribution is -2.58. The minimum Gasteiger partial charge on any atom is -0.316 e. The number of para-hydroxylation sites is 3. The molecule has 189 valence electrons. The molecular formula is C34H28N4Si-. The predicted molar refractivity (Wildman–Crippen MR) is 164 cm³/mol. The summed E-state index contributed by atoms with van der Waals surface area (Å²) in [5.41, 5.74) is 6.69. The molecule has 7 rings (SSSR count). The number of nitrogens with zero attached hydrogens (tertiary/aromatic N) is 4. The van der Waals surface area contributed by atoms with E-state index >= 15 is 0 Å². The maximum Gasteiger partial charge on any atom is 0.182 e. The molecule has 0 N–H and O–H groups in total. The average Bonchev–Trinajstić information content (AvgIpc) is 3.44. The Bertz CT molecular complexity index is 1720. The van der Waals surface area contributed by atoms with Crippen molar-refractivity contribution in [3.05, 3.63) is 133 Å². The maximum absolute atomic E-state index is 5.00. The van der Waals surface area contributed by atoms with Crippen LogP contribution in [0.2, 0.25) is 13.1 Å². The summed E-state index contributed by atoms with van der Waals surface area (Å²) in [6.07, 6.45) is 0. The van der Waals surface area contributed by atoms with Crippen molar-refractivity contribution in [1.82, 2.24) is 14.8 Å². The molecule has 1 aromatic heterocycles. The summed E-state index contributed by atoms with van der Waals surface area (Å²) in [5, 5.41) is 7.84. The molecular weight excluding hydrogens is 492 g/mol. The summed E-state index contributed by atoms with van der Waals surface area (Å²) >= 11 is 0. The van der Waals surface area contributed by atoms with E-state index < -0.39 is 8.07 Å². The van der Waals surface area contributed by atoms with Gasteiger partial charge < -0.3 is 4.90 Å². The molecule has 0 spiro atoms. The van der Waals surface area contributed by atoms with Crippen molar-refractivity contribution in [2.24, 2.45) is 0 Å². The van der Waals surface area contributed by atoms with Gasteiger partial charge in [-0.3, -0.25) is 0 Å². The first kappa shape index (κ1) is 23.4. The van der Waals surface area contributed by atoms with Crippen molar-refractivity contribution in [2.75, 3.05) is 4.90 Å². The van der Waals surface area contributed by atoms with Crippen LogP contribution in [0.1, 0.15) is 0 Å². The van der Waals surface area contributed by atoms with Crippen molar-refractivity contribution in [1.29, 1.82) is 0 Å². The van der Waals surface area contributed by atoms with Gasteiger partial charge >= 0.3 is 0 Å². The molecule has 0 radical (unpaired) electrons. The number of aromatic nitrogens is 3. The van der Waals surface area contributed by atoms with E-state index in [1.165, 1.54) is 21.7 Å². The molecule has 0 unspecified atom stereocenters. The van der Waals surface area contributed by atoms with Gasteiger partial charge in [-0.05, 0) is 48.5 Å². The first-order valence-corrected chi connectivity index (χ1v) is 16.3. The number of rotatable bonds is 4. The third-order valence-electron chi connectivity index (χ3n) is 7.66. The van der Waals surface area contributed by atoms with Crippen molar-refractivity contribution in [3.8, 4) is 28.5 Å². The third-order valence-corrected chi connectivity index (χ3v) is 11.2. The Labute approximate surface area is 229 Å². The van der Waals surface area contributed by atoms with E-state index in [0.29, 0.717) is 5.82 Å². The number of benzene rings is 5. The van der Waals surface area contributed by atoms with Crippen LogP contribution in [0.3, 0.4) is 0 Å². The second kappa shape index (κ2) is 9.22. The molecule has 5 heteroatoms. The predicted octanol–water partition coefficient (Wildman–Crippen LogP) is 7.21. The van der Waals surface area contributed by atoms with E-state index in [0.717, 1.165) is 28.3 Å². The van der Waals surface area contributed by atoms with Crippen LogP contribution in [-0.4, -0.2) is 22.8 Å². The van der Waals surface area contributed by atoms with Crippen LogP contribution < -0.4 is 15.3 Å². The summed E-state index contributed by atoms with van der Waals surface area (Å²) in [6.45, 7) is 4.90. The van der Waals surface area contributed by atoms with E-state index in [4.69, 9.17) is 10.1 Å². The molecule has 0 amide bonds. The van der Waals surface area contributed by atoms with Gasteiger partial charge in [0.25, 0.3) is 0 Å². The normalized spacial score (nSPS) is 13.5. The Morgan fingerprint density at radius 3 is 1.67 bits per heavy atom. The third kappa shape index (κ3) is 3.90. The Balaban J connectivity index is 1.35. The highest BCUT2D eigenvalue weighted by atomic mass is 28.3. The minimum absolute atomic E-state index is 0.713. The standard InChI is InChI=1S/C34H28N4Si/c1-39(2)31-19-11-9-17-29(31)37(30-18-10-12-20-32(30)39)27-23-21-26(22-24-27)34-35-33(25-13-5-3-6-14-25)36-38(34)28-15-7-4-8-16-28/h3-24H,1-2H3/q-1. The molecule has 2 heterocycles. The number of hydrogen-bond donors (Lipinski definition) is 0. The monoisotopic (exact) mass is 520 g/mol. The second-order valence-corrected chi connectivity index (χ2v) is 14.7. The van der Waals surface area contributed by atoms with Crippen LogP contribution >= 0.6 is 0 Å². The molecule has 0 saturated heterocycles. The molecule has 0 atom stereocenters. The Morgan fingerprint density at radius 1 is 0.513 bits per heavy atom. The van der Waals surface area contributed by atoms with Gasteiger partial charge in [0.1, 0.15) is 0 Å². The maximum atomic E-state index is 5.00. The van der Waals surface area contributed by atoms with E-state index in [9.17, 15) is 0 Å². The zero-order valence-corrected chi connectivity index (χ0v) is 23.0. The number of hydrogen-bond acceptors (Lipinski definition) is 3. The van der Waals surface area contributed by atoms with Gasteiger partial charge in [0.2, 0.25) is 0 Å². The van der Waals surface area contributed by atoms with Gasteiger partial charge in [-0.25, -0.2) is 9.67 Å². The highest BCUT2D eigenvalue weighted by Gasteiger charge is 2.29. The quantitative estimate of drug-likeness (QED) is 0.230. The first-order valence-electron chi connectivity index (χ1n) is 13.3. The fourth-order valence-corrected chi connectivity index (χ4v) is 8.65. The van der Waals surface area contributed by atoms with E-state index in [1.807, 2.05) is 53.2 Å². The first-order chi connectivity index (χ1) is 19.1. The number of anilines is 3. The molecule has 1 aliphatic heterocycles. The topological polar surface area (TPSA) is 34.0 Å². The van der Waals surface area contributed by atoms with Gasteiger partial charge in [-0.15, -0.1) is 5.10 Å². The largest absolute Gasteiger partial charge is 0.316 e. The van der Waals surface area contributed by atoms with Crippen LogP contribution in [0, 0.1) is 0 Å². The summed E-state index contributed by atoms with van der Waals surface area (Å²) in [7, 11) is -1.81. The fraction of sp³-hybridized carbons (Fsp3) is 0.0588. The van der Waals surface area contributed by atoms with Crippen LogP contribution in [0.25, 0.3) is 28.5 Å². The Kier molecular flexibility index (Phi) is 5.53. The van der Waals surface area contributed by atoms with Gasteiger partial charge in [-0.2, -0.15) is 23.5 Å². The lowest BCUT2D eigenvalue weighted by Gasteiger charge is -2.49. The van der Waals surface area contributed by atoms with Crippen molar-refractivity contribution in [3.63, 3.8) is 0 Å². The molecule has 6 aromatic rings. The summed E-state index contributed by atoms with van der Waals surface area (Å²) < 4.78 is 1.94. The van der Waals surface area contributed by atoms with E-state index in [-0.39, 0.29) is 0 Å². The van der Waals surface area contributed by atoms with Crippen LogP contribution in [0.15, 0.2) is 133 Å². The molecule has 0 bridgehead atoms. The SMILES string of the molecule is C[Si-]1(C)c2ccccc2N(c2ccc(-c3nc(-c4ccccc4)nn3-c3ccccc3)cc2)c2ccccc21. The average molecular weight is 521 g/mol. The summed E-state index contributed by atoms with van der Waals surface area (Å²) in [6, 6.07) is 46.9. The van der Waals surface area contributed by atoms with Crippen molar-refractivity contribution < 1.29 is 0 Å². The number of fused-ring (bicyclic) bond motifs is 2. The molecule has 39 heavy (non-hydrogen) atoms. The molecule has 0 aliphatic carbocycles. The zero-order chi connectivity index (χ0) is 26.4. The smallest absolute Gasteiger partial charge is 0.182 e. The van der Waals surface area contributed by atoms with Gasteiger partial charge in [0.05, 0.1) is 5.69 Å². The fourth-order valence-electron chi connectivity index (χ4n) is 5.66. The summed E-state index contributed by atoms with van der Waals surface area (Å²) in [4.78, 5) is 7.41. The molecule has 0 fully saturated rings. The Morgan fingerprint density at radius 2 is 1.05 bits per heavy atom. The van der Waals surface area contributed by atoms with E-state index in [1.54, 1.807) is 0 Å². The molecule has 0 saturated carbocycles. The second-order valence-electron chi connectivity index (χ2n) is 10.4. The lowest BCUT2D eigenvalue weighted by molar-refractivity contribution is 0.890. The van der Waals surface area contributed by atoms with Crippen LogP contribution in [0.5, 0.6) is 0 Å². The van der Waals surface area contributed by atoms with Crippen molar-refractivity contribution in [2.45, 2.75) is 13.1 Å². The molecule has 1 aliphatic rings. The lowest BCUT2D eigenvalue weighted by atomic mass is 10.1. The van der Waals surface area contributed by atoms with Gasteiger partial charge in [0, 0.05) is 28.2 Å². The highest BCUT2D eigenvalue weighted by molar-refractivity contribution is 7.02. The molecule has 4 nitrogen and oxygen atoms in total.